The average molecular weight is 616 g/mol. The molecule has 9 aromatic rings. The highest BCUT2D eigenvalue weighted by atomic mass is 16.3. The quantitative estimate of drug-likeness (QED) is 0.186. The topological polar surface area (TPSA) is 51.8 Å². The first-order valence-corrected chi connectivity index (χ1v) is 16.4. The first-order chi connectivity index (χ1) is 23.5. The largest absolute Gasteiger partial charge is 0.455 e. The van der Waals surface area contributed by atoms with Gasteiger partial charge in [-0.05, 0) is 62.7 Å². The first-order valence-electron chi connectivity index (χ1n) is 16.4. The van der Waals surface area contributed by atoms with Crippen LogP contribution in [0.5, 0.6) is 0 Å². The van der Waals surface area contributed by atoms with E-state index in [9.17, 15) is 0 Å². The van der Waals surface area contributed by atoms with Crippen LogP contribution in [-0.4, -0.2) is 15.0 Å². The molecular formula is C44H29N3O. The zero-order chi connectivity index (χ0) is 32.0. The summed E-state index contributed by atoms with van der Waals surface area (Å²) in [5, 5.41) is 6.80. The molecule has 0 fully saturated rings. The lowest BCUT2D eigenvalue weighted by Crippen LogP contribution is -2.14. The maximum Gasteiger partial charge on any atom is 0.164 e. The zero-order valence-corrected chi connectivity index (χ0v) is 26.5. The summed E-state index contributed by atoms with van der Waals surface area (Å²) in [7, 11) is 0. The highest BCUT2D eigenvalue weighted by molar-refractivity contribution is 6.30. The third-order valence-corrected chi connectivity index (χ3v) is 10.1. The molecule has 2 heterocycles. The number of hydrogen-bond acceptors (Lipinski definition) is 4. The van der Waals surface area contributed by atoms with E-state index >= 15 is 0 Å². The minimum atomic E-state index is -0.0664. The minimum absolute atomic E-state index is 0.0664. The first kappa shape index (κ1) is 27.0. The predicted molar refractivity (Wildman–Crippen MR) is 196 cm³/mol. The number of benzene rings is 7. The van der Waals surface area contributed by atoms with E-state index in [0.29, 0.717) is 17.5 Å². The summed E-state index contributed by atoms with van der Waals surface area (Å²) >= 11 is 0. The van der Waals surface area contributed by atoms with Crippen LogP contribution in [0.1, 0.15) is 25.0 Å². The Morgan fingerprint density at radius 3 is 1.85 bits per heavy atom. The average Bonchev–Trinajstić information content (AvgIpc) is 3.65. The molecule has 48 heavy (non-hydrogen) atoms. The number of fused-ring (bicyclic) bond motifs is 11. The molecule has 0 aliphatic heterocycles. The third-order valence-electron chi connectivity index (χ3n) is 10.1. The van der Waals surface area contributed by atoms with Crippen molar-refractivity contribution in [2.45, 2.75) is 19.3 Å². The van der Waals surface area contributed by atoms with Crippen LogP contribution >= 0.6 is 0 Å². The molecule has 226 valence electrons. The van der Waals surface area contributed by atoms with Gasteiger partial charge in [-0.1, -0.05) is 129 Å². The summed E-state index contributed by atoms with van der Waals surface area (Å²) in [5.74, 6) is 1.94. The molecule has 0 bridgehead atoms. The van der Waals surface area contributed by atoms with Gasteiger partial charge in [-0.25, -0.2) is 15.0 Å². The van der Waals surface area contributed by atoms with Crippen LogP contribution in [0.3, 0.4) is 0 Å². The lowest BCUT2D eigenvalue weighted by Gasteiger charge is -2.21. The van der Waals surface area contributed by atoms with Crippen molar-refractivity contribution in [3.63, 3.8) is 0 Å². The van der Waals surface area contributed by atoms with Crippen LogP contribution < -0.4 is 0 Å². The van der Waals surface area contributed by atoms with Crippen LogP contribution in [0.25, 0.3) is 88.8 Å². The Bertz CT molecular complexity index is 2760. The van der Waals surface area contributed by atoms with Gasteiger partial charge in [0.25, 0.3) is 0 Å². The van der Waals surface area contributed by atoms with Crippen molar-refractivity contribution in [2.75, 3.05) is 0 Å². The van der Waals surface area contributed by atoms with Gasteiger partial charge in [0, 0.05) is 38.3 Å². The number of rotatable bonds is 3. The fourth-order valence-electron chi connectivity index (χ4n) is 7.75. The van der Waals surface area contributed by atoms with Crippen LogP contribution in [0.2, 0.25) is 0 Å². The summed E-state index contributed by atoms with van der Waals surface area (Å²) < 4.78 is 6.51. The summed E-state index contributed by atoms with van der Waals surface area (Å²) in [6, 6.07) is 48.9. The predicted octanol–water partition coefficient (Wildman–Crippen LogP) is 11.4. The summed E-state index contributed by atoms with van der Waals surface area (Å²) in [6.45, 7) is 4.60. The lowest BCUT2D eigenvalue weighted by atomic mass is 9.82. The van der Waals surface area contributed by atoms with Crippen molar-refractivity contribution in [1.82, 2.24) is 15.0 Å². The van der Waals surface area contributed by atoms with Gasteiger partial charge in [-0.15, -0.1) is 0 Å². The molecule has 0 spiro atoms. The van der Waals surface area contributed by atoms with E-state index in [1.807, 2.05) is 30.3 Å². The molecule has 7 aromatic carbocycles. The van der Waals surface area contributed by atoms with E-state index < -0.39 is 0 Å². The molecule has 0 radical (unpaired) electrons. The van der Waals surface area contributed by atoms with Crippen molar-refractivity contribution < 1.29 is 4.42 Å². The van der Waals surface area contributed by atoms with Crippen molar-refractivity contribution in [3.8, 4) is 45.3 Å². The van der Waals surface area contributed by atoms with Gasteiger partial charge in [-0.2, -0.15) is 0 Å². The smallest absolute Gasteiger partial charge is 0.164 e. The third kappa shape index (κ3) is 3.86. The number of aromatic nitrogens is 3. The van der Waals surface area contributed by atoms with E-state index in [0.717, 1.165) is 49.4 Å². The fraction of sp³-hybridized carbons (Fsp3) is 0.0682. The SMILES string of the molecule is CC1(C)c2ccccc2-c2cc(-c3nc(-c4ccccc4)nc(-c4ccc5c(c4)c4ccccc4c4c6ccccc6oc54)n3)ccc21. The Balaban J connectivity index is 1.20. The number of furan rings is 1. The normalized spacial score (nSPS) is 13.4. The highest BCUT2D eigenvalue weighted by Gasteiger charge is 2.35. The molecular weight excluding hydrogens is 587 g/mol. The van der Waals surface area contributed by atoms with Crippen LogP contribution in [0.15, 0.2) is 144 Å². The zero-order valence-electron chi connectivity index (χ0n) is 26.5. The van der Waals surface area contributed by atoms with Crippen LogP contribution in [-0.2, 0) is 5.41 Å². The van der Waals surface area contributed by atoms with E-state index in [4.69, 9.17) is 19.4 Å². The standard InChI is InChI=1S/C44H29N3O/c1-44(2)36-18-10-8-15-30(36)35-25-28(21-23-37(35)44)43-46-41(26-12-4-3-5-13-26)45-42(47-43)27-20-22-32-34(24-27)29-14-6-7-16-31(29)39-33-17-9-11-19-38(33)48-40(32)39/h3-25H,1-2H3. The van der Waals surface area contributed by atoms with Crippen LogP contribution in [0.4, 0.5) is 0 Å². The van der Waals surface area contributed by atoms with Gasteiger partial charge in [0.05, 0.1) is 0 Å². The van der Waals surface area contributed by atoms with Crippen molar-refractivity contribution in [2.24, 2.45) is 0 Å². The molecule has 0 saturated heterocycles. The second-order valence-corrected chi connectivity index (χ2v) is 13.2. The molecule has 0 saturated carbocycles. The molecule has 4 heteroatoms. The lowest BCUT2D eigenvalue weighted by molar-refractivity contribution is 0.660. The molecule has 0 atom stereocenters. The number of hydrogen-bond donors (Lipinski definition) is 0. The van der Waals surface area contributed by atoms with Gasteiger partial charge < -0.3 is 4.42 Å². The maximum absolute atomic E-state index is 6.51. The highest BCUT2D eigenvalue weighted by Crippen LogP contribution is 2.49. The minimum Gasteiger partial charge on any atom is -0.455 e. The van der Waals surface area contributed by atoms with Gasteiger partial charge in [-0.3, -0.25) is 0 Å². The van der Waals surface area contributed by atoms with Gasteiger partial charge >= 0.3 is 0 Å². The van der Waals surface area contributed by atoms with E-state index in [2.05, 4.69) is 123 Å². The summed E-state index contributed by atoms with van der Waals surface area (Å²) in [6.07, 6.45) is 0. The maximum atomic E-state index is 6.51. The van der Waals surface area contributed by atoms with E-state index in [1.54, 1.807) is 0 Å². The fourth-order valence-corrected chi connectivity index (χ4v) is 7.75. The van der Waals surface area contributed by atoms with Gasteiger partial charge in [0.1, 0.15) is 11.2 Å². The van der Waals surface area contributed by atoms with Gasteiger partial charge in [0.15, 0.2) is 17.5 Å². The summed E-state index contributed by atoms with van der Waals surface area (Å²) in [4.78, 5) is 15.3. The van der Waals surface area contributed by atoms with Crippen molar-refractivity contribution in [1.29, 1.82) is 0 Å². The molecule has 10 rings (SSSR count). The molecule has 0 N–H and O–H groups in total. The second-order valence-electron chi connectivity index (χ2n) is 13.2. The Kier molecular flexibility index (Phi) is 5.59. The molecule has 2 aromatic heterocycles. The Hall–Kier alpha value is -6.13. The number of nitrogens with zero attached hydrogens (tertiary/aromatic N) is 3. The molecule has 0 unspecified atom stereocenters. The van der Waals surface area contributed by atoms with Crippen molar-refractivity contribution in [3.05, 3.63) is 151 Å². The summed E-state index contributed by atoms with van der Waals surface area (Å²) in [5.41, 5.74) is 9.76. The monoisotopic (exact) mass is 615 g/mol. The number of para-hydroxylation sites is 1. The van der Waals surface area contributed by atoms with E-state index in [-0.39, 0.29) is 5.41 Å². The molecule has 1 aliphatic carbocycles. The Morgan fingerprint density at radius 2 is 1.04 bits per heavy atom. The molecule has 0 amide bonds. The Morgan fingerprint density at radius 1 is 0.438 bits per heavy atom. The second kappa shape index (κ2) is 9.93. The Labute approximate surface area is 277 Å². The molecule has 4 nitrogen and oxygen atoms in total. The van der Waals surface area contributed by atoms with Crippen molar-refractivity contribution >= 4 is 43.5 Å². The van der Waals surface area contributed by atoms with Crippen LogP contribution in [0, 0.1) is 0 Å². The van der Waals surface area contributed by atoms with E-state index in [1.165, 1.54) is 33.0 Å². The van der Waals surface area contributed by atoms with Gasteiger partial charge in [0.2, 0.25) is 0 Å². The molecule has 1 aliphatic rings.